The van der Waals surface area contributed by atoms with E-state index in [9.17, 15) is 19.8 Å². The van der Waals surface area contributed by atoms with E-state index in [0.29, 0.717) is 34.5 Å². The second-order valence-corrected chi connectivity index (χ2v) is 9.68. The zero-order chi connectivity index (χ0) is 21.4. The summed E-state index contributed by atoms with van der Waals surface area (Å²) in [6.45, 7) is 3.71. The van der Waals surface area contributed by atoms with Crippen molar-refractivity contribution in [1.82, 2.24) is 9.88 Å². The number of phenols is 1. The molecule has 2 saturated carbocycles. The molecule has 0 bridgehead atoms. The fraction of sp³-hybridized carbons (Fsp3) is 0.545. The lowest BCUT2D eigenvalue weighted by atomic mass is 9.89. The number of pyridine rings is 1. The number of benzene rings is 1. The van der Waals surface area contributed by atoms with Gasteiger partial charge in [0.05, 0.1) is 15.9 Å². The number of carboxylic acids is 1. The number of carbonyl (C=O) groups is 1. The predicted molar refractivity (Wildman–Crippen MR) is 115 cm³/mol. The minimum atomic E-state index is -1.27. The van der Waals surface area contributed by atoms with E-state index in [1.54, 1.807) is 0 Å². The SMILES string of the molecule is C[C@H](CN)[C@@H]1CNC2(CC2c2c(O)cc3c(=O)c(C(=O)O)cn(C4CC4)c3c2Cl)C1. The molecule has 0 radical (unpaired) electrons. The average molecular weight is 432 g/mol. The quantitative estimate of drug-likeness (QED) is 0.578. The molecule has 5 rings (SSSR count). The Hall–Kier alpha value is -2.09. The number of hydrogen-bond acceptors (Lipinski definition) is 5. The van der Waals surface area contributed by atoms with E-state index in [4.69, 9.17) is 17.3 Å². The summed E-state index contributed by atoms with van der Waals surface area (Å²) in [6, 6.07) is 1.54. The highest BCUT2D eigenvalue weighted by Gasteiger charge is 2.60. The molecule has 7 nitrogen and oxygen atoms in total. The summed E-state index contributed by atoms with van der Waals surface area (Å²) >= 11 is 6.84. The normalized spacial score (nSPS) is 28.9. The van der Waals surface area contributed by atoms with Crippen molar-refractivity contribution in [3.8, 4) is 5.75 Å². The molecule has 1 spiro atoms. The third-order valence-electron chi connectivity index (χ3n) is 7.39. The van der Waals surface area contributed by atoms with Gasteiger partial charge >= 0.3 is 5.97 Å². The largest absolute Gasteiger partial charge is 0.508 e. The van der Waals surface area contributed by atoms with Crippen LogP contribution in [0.5, 0.6) is 5.75 Å². The molecule has 30 heavy (non-hydrogen) atoms. The Labute approximate surface area is 178 Å². The fourth-order valence-electron chi connectivity index (χ4n) is 5.24. The van der Waals surface area contributed by atoms with Crippen LogP contribution < -0.4 is 16.5 Å². The number of aromatic carboxylic acids is 1. The fourth-order valence-corrected chi connectivity index (χ4v) is 5.67. The van der Waals surface area contributed by atoms with E-state index < -0.39 is 11.4 Å². The Kier molecular flexibility index (Phi) is 4.44. The molecule has 3 aliphatic rings. The van der Waals surface area contributed by atoms with Crippen LogP contribution in [0.25, 0.3) is 10.9 Å². The standard InChI is InChI=1S/C22H26ClN3O4/c1-10(7-24)11-5-22(25-8-11)6-15(22)17-16(27)4-13-19(18(17)23)26(12-2-3-12)9-14(20(13)28)21(29)30/h4,9-12,15,25,27H,2-3,5-8,24H2,1H3,(H,29,30)/t10-,11+,15?,22?/m1/s1. The van der Waals surface area contributed by atoms with E-state index in [1.807, 2.05) is 4.57 Å². The minimum Gasteiger partial charge on any atom is -0.508 e. The van der Waals surface area contributed by atoms with Gasteiger partial charge in [0.1, 0.15) is 11.3 Å². The number of nitrogens with two attached hydrogens (primary N) is 1. The van der Waals surface area contributed by atoms with Crippen molar-refractivity contribution in [2.45, 2.75) is 50.1 Å². The van der Waals surface area contributed by atoms with Crippen LogP contribution in [0.1, 0.15) is 60.5 Å². The number of hydrogen-bond donors (Lipinski definition) is 4. The maximum Gasteiger partial charge on any atom is 0.341 e. The first kappa shape index (κ1) is 19.8. The summed E-state index contributed by atoms with van der Waals surface area (Å²) in [4.78, 5) is 24.3. The predicted octanol–water partition coefficient (Wildman–Crippen LogP) is 2.82. The van der Waals surface area contributed by atoms with Crippen LogP contribution in [0.3, 0.4) is 0 Å². The summed E-state index contributed by atoms with van der Waals surface area (Å²) < 4.78 is 1.82. The molecule has 0 amide bonds. The summed E-state index contributed by atoms with van der Waals surface area (Å²) in [5.41, 5.74) is 6.06. The van der Waals surface area contributed by atoms with Gasteiger partial charge < -0.3 is 25.8 Å². The topological polar surface area (TPSA) is 118 Å². The second kappa shape index (κ2) is 6.70. The van der Waals surface area contributed by atoms with E-state index in [2.05, 4.69) is 12.2 Å². The number of aromatic nitrogens is 1. The van der Waals surface area contributed by atoms with Crippen molar-refractivity contribution in [1.29, 1.82) is 0 Å². The average Bonchev–Trinajstić information content (AvgIpc) is 3.60. The molecule has 3 fully saturated rings. The molecule has 1 aliphatic heterocycles. The van der Waals surface area contributed by atoms with Gasteiger partial charge in [0.15, 0.2) is 0 Å². The van der Waals surface area contributed by atoms with Crippen LogP contribution >= 0.6 is 11.6 Å². The molecule has 160 valence electrons. The first-order valence-corrected chi connectivity index (χ1v) is 10.9. The molecule has 2 unspecified atom stereocenters. The van der Waals surface area contributed by atoms with Crippen molar-refractivity contribution < 1.29 is 15.0 Å². The molecular formula is C22H26ClN3O4. The van der Waals surface area contributed by atoms with Gasteiger partial charge in [-0.05, 0) is 56.7 Å². The van der Waals surface area contributed by atoms with E-state index in [-0.39, 0.29) is 34.2 Å². The van der Waals surface area contributed by atoms with Crippen LogP contribution in [0.15, 0.2) is 17.1 Å². The Bertz CT molecular complexity index is 1130. The Morgan fingerprint density at radius 2 is 2.17 bits per heavy atom. The highest BCUT2D eigenvalue weighted by Crippen LogP contribution is 2.61. The first-order chi connectivity index (χ1) is 14.3. The van der Waals surface area contributed by atoms with E-state index >= 15 is 0 Å². The molecule has 2 aromatic rings. The third-order valence-corrected chi connectivity index (χ3v) is 7.77. The lowest BCUT2D eigenvalue weighted by Crippen LogP contribution is -2.25. The van der Waals surface area contributed by atoms with E-state index in [1.165, 1.54) is 12.3 Å². The number of nitrogens with one attached hydrogen (secondary N) is 1. The maximum absolute atomic E-state index is 12.8. The molecule has 1 saturated heterocycles. The van der Waals surface area contributed by atoms with Crippen molar-refractivity contribution in [2.75, 3.05) is 13.1 Å². The summed E-state index contributed by atoms with van der Waals surface area (Å²) in [6.07, 6.45) is 5.10. The molecule has 1 aromatic heterocycles. The Morgan fingerprint density at radius 3 is 2.80 bits per heavy atom. The number of phenolic OH excluding ortho intramolecular Hbond substituents is 1. The molecule has 4 atom stereocenters. The van der Waals surface area contributed by atoms with Crippen LogP contribution in [-0.2, 0) is 0 Å². The zero-order valence-corrected chi connectivity index (χ0v) is 17.6. The third kappa shape index (κ3) is 2.87. The summed E-state index contributed by atoms with van der Waals surface area (Å²) in [5.74, 6) is -0.329. The van der Waals surface area contributed by atoms with E-state index in [0.717, 1.165) is 32.2 Å². The smallest absolute Gasteiger partial charge is 0.341 e. The number of nitrogens with zero attached hydrogens (tertiary/aromatic N) is 1. The lowest BCUT2D eigenvalue weighted by Gasteiger charge is -2.19. The maximum atomic E-state index is 12.8. The van der Waals surface area contributed by atoms with Crippen molar-refractivity contribution >= 4 is 28.5 Å². The highest BCUT2D eigenvalue weighted by atomic mass is 35.5. The molecule has 2 heterocycles. The van der Waals surface area contributed by atoms with Crippen LogP contribution in [-0.4, -0.2) is 39.4 Å². The Balaban J connectivity index is 1.62. The number of carboxylic acid groups (broad SMARTS) is 1. The number of rotatable bonds is 5. The molecular weight excluding hydrogens is 406 g/mol. The molecule has 8 heteroatoms. The minimum absolute atomic E-state index is 0.0338. The monoisotopic (exact) mass is 431 g/mol. The van der Waals surface area contributed by atoms with Gasteiger partial charge in [0.2, 0.25) is 5.43 Å². The summed E-state index contributed by atoms with van der Waals surface area (Å²) in [7, 11) is 0. The molecule has 5 N–H and O–H groups in total. The van der Waals surface area contributed by atoms with Gasteiger partial charge in [0.25, 0.3) is 0 Å². The van der Waals surface area contributed by atoms with Gasteiger partial charge in [0, 0.05) is 29.3 Å². The van der Waals surface area contributed by atoms with Crippen LogP contribution in [0.2, 0.25) is 5.02 Å². The molecule has 2 aliphatic carbocycles. The van der Waals surface area contributed by atoms with Gasteiger partial charge in [-0.25, -0.2) is 4.79 Å². The number of fused-ring (bicyclic) bond motifs is 1. The van der Waals surface area contributed by atoms with Gasteiger partial charge in [-0.3, -0.25) is 4.79 Å². The van der Waals surface area contributed by atoms with Crippen LogP contribution in [0.4, 0.5) is 0 Å². The first-order valence-electron chi connectivity index (χ1n) is 10.6. The van der Waals surface area contributed by atoms with Crippen molar-refractivity contribution in [3.63, 3.8) is 0 Å². The number of halogens is 1. The lowest BCUT2D eigenvalue weighted by molar-refractivity contribution is 0.0695. The zero-order valence-electron chi connectivity index (χ0n) is 16.8. The Morgan fingerprint density at radius 1 is 1.43 bits per heavy atom. The second-order valence-electron chi connectivity index (χ2n) is 9.31. The van der Waals surface area contributed by atoms with Gasteiger partial charge in [-0.2, -0.15) is 0 Å². The number of aromatic hydroxyl groups is 1. The van der Waals surface area contributed by atoms with Crippen molar-refractivity contribution in [2.24, 2.45) is 17.6 Å². The van der Waals surface area contributed by atoms with Gasteiger partial charge in [-0.1, -0.05) is 18.5 Å². The van der Waals surface area contributed by atoms with Gasteiger partial charge in [-0.15, -0.1) is 0 Å². The van der Waals surface area contributed by atoms with Crippen LogP contribution in [0, 0.1) is 11.8 Å². The summed E-state index contributed by atoms with van der Waals surface area (Å²) in [5, 5.41) is 24.4. The molecule has 1 aromatic carbocycles. The van der Waals surface area contributed by atoms with Crippen molar-refractivity contribution in [3.05, 3.63) is 38.6 Å². The highest BCUT2D eigenvalue weighted by molar-refractivity contribution is 6.36.